The van der Waals surface area contributed by atoms with Crippen LogP contribution in [0.5, 0.6) is 0 Å². The van der Waals surface area contributed by atoms with Crippen LogP contribution in [0.1, 0.15) is 32.1 Å². The summed E-state index contributed by atoms with van der Waals surface area (Å²) in [5, 5.41) is 0. The summed E-state index contributed by atoms with van der Waals surface area (Å²) >= 11 is 0. The Bertz CT molecular complexity index is 244. The third-order valence-corrected chi connectivity index (χ3v) is 3.82. The summed E-state index contributed by atoms with van der Waals surface area (Å²) in [6, 6.07) is 0.964. The number of amides is 1. The number of likely N-dealkylation sites (tertiary alicyclic amines) is 1. The van der Waals surface area contributed by atoms with E-state index in [2.05, 4.69) is 4.90 Å². The van der Waals surface area contributed by atoms with Crippen molar-refractivity contribution in [1.29, 1.82) is 0 Å². The van der Waals surface area contributed by atoms with Crippen LogP contribution in [0.15, 0.2) is 0 Å². The summed E-state index contributed by atoms with van der Waals surface area (Å²) in [5.74, 6) is -0.0717. The molecule has 1 aliphatic heterocycles. The highest BCUT2D eigenvalue weighted by atomic mass is 16.1. The van der Waals surface area contributed by atoms with E-state index in [0.29, 0.717) is 12.1 Å². The lowest BCUT2D eigenvalue weighted by atomic mass is 9.96. The molecule has 0 aromatic carbocycles. The van der Waals surface area contributed by atoms with E-state index in [-0.39, 0.29) is 11.8 Å². The molecule has 15 heavy (non-hydrogen) atoms. The maximum Gasteiger partial charge on any atom is 0.221 e. The van der Waals surface area contributed by atoms with E-state index in [9.17, 15) is 4.79 Å². The smallest absolute Gasteiger partial charge is 0.221 e. The SMILES string of the molecule is NC(=O)C1CCCN(C2CCC(N)C2)C1. The molecule has 0 spiro atoms. The first-order chi connectivity index (χ1) is 7.16. The number of carbonyl (C=O) groups excluding carboxylic acids is 1. The first-order valence-corrected chi connectivity index (χ1v) is 5.95. The van der Waals surface area contributed by atoms with Gasteiger partial charge in [0.1, 0.15) is 0 Å². The first-order valence-electron chi connectivity index (χ1n) is 5.95. The molecule has 4 nitrogen and oxygen atoms in total. The van der Waals surface area contributed by atoms with E-state index in [4.69, 9.17) is 11.5 Å². The van der Waals surface area contributed by atoms with Crippen molar-refractivity contribution in [3.8, 4) is 0 Å². The number of carbonyl (C=O) groups is 1. The topological polar surface area (TPSA) is 72.4 Å². The number of nitrogens with zero attached hydrogens (tertiary/aromatic N) is 1. The zero-order valence-electron chi connectivity index (χ0n) is 9.19. The Morgan fingerprint density at radius 2 is 2.07 bits per heavy atom. The van der Waals surface area contributed by atoms with Crippen LogP contribution in [-0.4, -0.2) is 36.0 Å². The van der Waals surface area contributed by atoms with Crippen molar-refractivity contribution in [3.05, 3.63) is 0 Å². The summed E-state index contributed by atoms with van der Waals surface area (Å²) < 4.78 is 0. The number of rotatable bonds is 2. The monoisotopic (exact) mass is 211 g/mol. The van der Waals surface area contributed by atoms with Gasteiger partial charge in [-0.1, -0.05) is 0 Å². The zero-order chi connectivity index (χ0) is 10.8. The molecule has 1 saturated heterocycles. The number of hydrogen-bond donors (Lipinski definition) is 2. The van der Waals surface area contributed by atoms with E-state index >= 15 is 0 Å². The van der Waals surface area contributed by atoms with Gasteiger partial charge in [-0.25, -0.2) is 0 Å². The van der Waals surface area contributed by atoms with E-state index in [1.807, 2.05) is 0 Å². The van der Waals surface area contributed by atoms with Crippen molar-refractivity contribution in [2.75, 3.05) is 13.1 Å². The largest absolute Gasteiger partial charge is 0.369 e. The Morgan fingerprint density at radius 3 is 2.67 bits per heavy atom. The Labute approximate surface area is 91.0 Å². The van der Waals surface area contributed by atoms with Gasteiger partial charge in [-0.15, -0.1) is 0 Å². The van der Waals surface area contributed by atoms with Crippen LogP contribution >= 0.6 is 0 Å². The lowest BCUT2D eigenvalue weighted by molar-refractivity contribution is -0.123. The quantitative estimate of drug-likeness (QED) is 0.678. The molecule has 1 aliphatic carbocycles. The highest BCUT2D eigenvalue weighted by molar-refractivity contribution is 5.76. The van der Waals surface area contributed by atoms with Gasteiger partial charge < -0.3 is 11.5 Å². The highest BCUT2D eigenvalue weighted by Gasteiger charge is 2.32. The van der Waals surface area contributed by atoms with E-state index in [1.165, 1.54) is 6.42 Å². The number of hydrogen-bond acceptors (Lipinski definition) is 3. The average molecular weight is 211 g/mol. The molecule has 86 valence electrons. The minimum atomic E-state index is -0.137. The van der Waals surface area contributed by atoms with Gasteiger partial charge in [0, 0.05) is 18.6 Å². The van der Waals surface area contributed by atoms with Gasteiger partial charge in [0.05, 0.1) is 5.92 Å². The highest BCUT2D eigenvalue weighted by Crippen LogP contribution is 2.27. The van der Waals surface area contributed by atoms with Gasteiger partial charge >= 0.3 is 0 Å². The van der Waals surface area contributed by atoms with E-state index < -0.39 is 0 Å². The molecule has 2 rings (SSSR count). The van der Waals surface area contributed by atoms with Crippen molar-refractivity contribution in [2.45, 2.75) is 44.2 Å². The van der Waals surface area contributed by atoms with Gasteiger partial charge in [-0.3, -0.25) is 9.69 Å². The third-order valence-electron chi connectivity index (χ3n) is 3.82. The number of primary amides is 1. The summed E-state index contributed by atoms with van der Waals surface area (Å²) in [6.07, 6.45) is 5.46. The minimum absolute atomic E-state index is 0.0653. The average Bonchev–Trinajstić information content (AvgIpc) is 2.65. The van der Waals surface area contributed by atoms with Gasteiger partial charge in [0.25, 0.3) is 0 Å². The van der Waals surface area contributed by atoms with E-state index in [0.717, 1.165) is 38.8 Å². The molecular formula is C11H21N3O. The molecule has 4 N–H and O–H groups in total. The van der Waals surface area contributed by atoms with Crippen LogP contribution in [0.25, 0.3) is 0 Å². The second-order valence-corrected chi connectivity index (χ2v) is 4.96. The van der Waals surface area contributed by atoms with Crippen molar-refractivity contribution < 1.29 is 4.79 Å². The Morgan fingerprint density at radius 1 is 1.27 bits per heavy atom. The van der Waals surface area contributed by atoms with Gasteiger partial charge in [-0.2, -0.15) is 0 Å². The molecule has 0 radical (unpaired) electrons. The van der Waals surface area contributed by atoms with Crippen LogP contribution in [0.3, 0.4) is 0 Å². The summed E-state index contributed by atoms with van der Waals surface area (Å²) in [4.78, 5) is 13.6. The standard InChI is InChI=1S/C11H21N3O/c12-9-3-4-10(6-9)14-5-1-2-8(7-14)11(13)15/h8-10H,1-7,12H2,(H2,13,15). The van der Waals surface area contributed by atoms with Crippen LogP contribution in [0, 0.1) is 5.92 Å². The molecule has 1 saturated carbocycles. The van der Waals surface area contributed by atoms with Crippen molar-refractivity contribution in [3.63, 3.8) is 0 Å². The van der Waals surface area contributed by atoms with E-state index in [1.54, 1.807) is 0 Å². The molecule has 1 amide bonds. The molecule has 0 aromatic heterocycles. The van der Waals surface area contributed by atoms with Crippen LogP contribution in [0.4, 0.5) is 0 Å². The minimum Gasteiger partial charge on any atom is -0.369 e. The molecule has 2 fully saturated rings. The fraction of sp³-hybridized carbons (Fsp3) is 0.909. The third kappa shape index (κ3) is 2.49. The summed E-state index contributed by atoms with van der Waals surface area (Å²) in [7, 11) is 0. The predicted molar refractivity (Wildman–Crippen MR) is 59.1 cm³/mol. The Hall–Kier alpha value is -0.610. The lowest BCUT2D eigenvalue weighted by Gasteiger charge is -2.35. The van der Waals surface area contributed by atoms with Crippen LogP contribution in [-0.2, 0) is 4.79 Å². The number of nitrogens with two attached hydrogens (primary N) is 2. The number of piperidine rings is 1. The summed E-state index contributed by atoms with van der Waals surface area (Å²) in [5.41, 5.74) is 11.3. The lowest BCUT2D eigenvalue weighted by Crippen LogP contribution is -2.45. The van der Waals surface area contributed by atoms with Gasteiger partial charge in [-0.05, 0) is 38.6 Å². The molecule has 1 heterocycles. The molecule has 2 aliphatic rings. The second-order valence-electron chi connectivity index (χ2n) is 4.96. The first kappa shape index (κ1) is 10.9. The van der Waals surface area contributed by atoms with Crippen LogP contribution in [0.2, 0.25) is 0 Å². The van der Waals surface area contributed by atoms with Crippen molar-refractivity contribution >= 4 is 5.91 Å². The Kier molecular flexibility index (Phi) is 3.26. The molecule has 0 aromatic rings. The maximum absolute atomic E-state index is 11.1. The Balaban J connectivity index is 1.90. The molecule has 0 bridgehead atoms. The van der Waals surface area contributed by atoms with Crippen molar-refractivity contribution in [2.24, 2.45) is 17.4 Å². The summed E-state index contributed by atoms with van der Waals surface area (Å²) in [6.45, 7) is 1.97. The molecule has 4 heteroatoms. The second kappa shape index (κ2) is 4.49. The molecule has 3 atom stereocenters. The fourth-order valence-corrected chi connectivity index (χ4v) is 2.89. The normalized spacial score (nSPS) is 38.1. The van der Waals surface area contributed by atoms with Gasteiger partial charge in [0.15, 0.2) is 0 Å². The van der Waals surface area contributed by atoms with Crippen molar-refractivity contribution in [1.82, 2.24) is 4.90 Å². The maximum atomic E-state index is 11.1. The zero-order valence-corrected chi connectivity index (χ0v) is 9.19. The van der Waals surface area contributed by atoms with Crippen LogP contribution < -0.4 is 11.5 Å². The molecular weight excluding hydrogens is 190 g/mol. The molecule has 3 unspecified atom stereocenters. The van der Waals surface area contributed by atoms with Gasteiger partial charge in [0.2, 0.25) is 5.91 Å². The predicted octanol–water partition coefficient (Wildman–Crippen LogP) is 0.0635. The fourth-order valence-electron chi connectivity index (χ4n) is 2.89.